The van der Waals surface area contributed by atoms with Gasteiger partial charge in [0.25, 0.3) is 0 Å². The van der Waals surface area contributed by atoms with Crippen LogP contribution in [0.25, 0.3) is 10.8 Å². The highest BCUT2D eigenvalue weighted by atomic mass is 28.4. The lowest BCUT2D eigenvalue weighted by atomic mass is 9.98. The van der Waals surface area contributed by atoms with E-state index in [1.54, 1.807) is 51.7 Å². The van der Waals surface area contributed by atoms with E-state index in [0.29, 0.717) is 45.1 Å². The number of hydrogen-bond acceptors (Lipinski definition) is 10. The fourth-order valence-corrected chi connectivity index (χ4v) is 11.9. The molecule has 0 N–H and O–H groups in total. The van der Waals surface area contributed by atoms with Crippen LogP contribution in [-0.4, -0.2) is 55.4 Å². The second-order valence-electron chi connectivity index (χ2n) is 14.9. The minimum absolute atomic E-state index is 0.00287. The maximum absolute atomic E-state index is 14.6. The molecule has 1 unspecified atom stereocenters. The van der Waals surface area contributed by atoms with Crippen LogP contribution in [0.5, 0.6) is 34.5 Å². The summed E-state index contributed by atoms with van der Waals surface area (Å²) in [6, 6.07) is 18.3. The Labute approximate surface area is 305 Å². The summed E-state index contributed by atoms with van der Waals surface area (Å²) < 4.78 is 48.2. The van der Waals surface area contributed by atoms with E-state index in [-0.39, 0.29) is 30.1 Å². The number of carbonyl (C=O) groups excluding carboxylic acids is 2. The summed E-state index contributed by atoms with van der Waals surface area (Å²) in [5, 5.41) is 0.355. The predicted octanol–water partition coefficient (Wildman–Crippen LogP) is 8.93. The Morgan fingerprint density at radius 3 is 2.02 bits per heavy atom. The number of rotatable bonds is 10. The van der Waals surface area contributed by atoms with Crippen molar-refractivity contribution >= 4 is 30.9 Å². The summed E-state index contributed by atoms with van der Waals surface area (Å²) in [6.45, 7) is 12.7. The molecule has 1 aliphatic carbocycles. The van der Waals surface area contributed by atoms with Gasteiger partial charge in [0.15, 0.2) is 41.4 Å². The van der Waals surface area contributed by atoms with E-state index >= 15 is 0 Å². The molecular formula is C41H46O10Si. The Kier molecular flexibility index (Phi) is 9.90. The van der Waals surface area contributed by atoms with Gasteiger partial charge in [-0.15, -0.1) is 0 Å². The Balaban J connectivity index is 1.48. The molecule has 1 aliphatic heterocycles. The van der Waals surface area contributed by atoms with Crippen LogP contribution in [0.15, 0.2) is 72.3 Å². The molecule has 6 rings (SSSR count). The van der Waals surface area contributed by atoms with Gasteiger partial charge in [-0.1, -0.05) is 65.8 Å². The second-order valence-corrected chi connectivity index (χ2v) is 19.6. The monoisotopic (exact) mass is 726 g/mol. The minimum Gasteiger partial charge on any atom is -0.519 e. The van der Waals surface area contributed by atoms with Crippen molar-refractivity contribution in [3.8, 4) is 34.5 Å². The third-order valence-corrected chi connectivity index (χ3v) is 14.6. The molecule has 0 saturated heterocycles. The second kappa shape index (κ2) is 13.9. The van der Waals surface area contributed by atoms with Crippen molar-refractivity contribution in [1.29, 1.82) is 0 Å². The van der Waals surface area contributed by atoms with Crippen molar-refractivity contribution in [3.05, 3.63) is 94.6 Å². The van der Waals surface area contributed by atoms with Crippen LogP contribution in [0.3, 0.4) is 0 Å². The zero-order chi connectivity index (χ0) is 37.6. The van der Waals surface area contributed by atoms with E-state index in [1.165, 1.54) is 7.11 Å². The van der Waals surface area contributed by atoms with Gasteiger partial charge in [-0.3, -0.25) is 9.59 Å². The molecule has 0 spiro atoms. The molecule has 52 heavy (non-hydrogen) atoms. The Morgan fingerprint density at radius 2 is 1.40 bits per heavy atom. The molecule has 0 bridgehead atoms. The molecule has 0 aromatic heterocycles. The zero-order valence-corrected chi connectivity index (χ0v) is 32.4. The third-order valence-electron chi connectivity index (χ3n) is 9.60. The lowest BCUT2D eigenvalue weighted by molar-refractivity contribution is 0.0495. The standard InChI is InChI=1S/C41H46O10Si/c1-40(2,3)52(41(4,5)6)50-31(28-19-33(46-9)34(47-10)21-32(28)51-52)20-29-37(42)27-17-13-25-14-18-30(48-22-24-11-15-26(45-8)16-12-24)39(49-23-44-7)35(25)36(27)38(29)43/h11-21,31H,22-23H2,1-10H3/b29-20+. The number of allylic oxidation sites excluding steroid dienone is 1. The summed E-state index contributed by atoms with van der Waals surface area (Å²) in [7, 11) is 3.05. The number of methoxy groups -OCH3 is 4. The average molecular weight is 727 g/mol. The molecule has 1 heterocycles. The van der Waals surface area contributed by atoms with Gasteiger partial charge >= 0.3 is 8.56 Å². The van der Waals surface area contributed by atoms with Gasteiger partial charge in [-0.25, -0.2) is 0 Å². The van der Waals surface area contributed by atoms with E-state index in [9.17, 15) is 9.59 Å². The van der Waals surface area contributed by atoms with Gasteiger partial charge in [-0.05, 0) is 47.4 Å². The fraction of sp³-hybridized carbons (Fsp3) is 0.366. The summed E-state index contributed by atoms with van der Waals surface area (Å²) >= 11 is 0. The lowest BCUT2D eigenvalue weighted by Crippen LogP contribution is -2.61. The van der Waals surface area contributed by atoms with Crippen molar-refractivity contribution in [2.45, 2.75) is 64.3 Å². The smallest absolute Gasteiger partial charge is 0.410 e. The summed E-state index contributed by atoms with van der Waals surface area (Å²) in [5.74, 6) is 2.15. The van der Waals surface area contributed by atoms with Crippen molar-refractivity contribution in [1.82, 2.24) is 0 Å². The molecule has 0 fully saturated rings. The number of benzene rings is 4. The van der Waals surface area contributed by atoms with Crippen LogP contribution in [-0.2, 0) is 15.8 Å². The molecule has 274 valence electrons. The molecule has 0 amide bonds. The van der Waals surface area contributed by atoms with Gasteiger partial charge < -0.3 is 37.3 Å². The van der Waals surface area contributed by atoms with Crippen molar-refractivity contribution in [2.75, 3.05) is 35.2 Å². The molecule has 0 radical (unpaired) electrons. The van der Waals surface area contributed by atoms with Crippen LogP contribution >= 0.6 is 0 Å². The molecule has 2 aliphatic rings. The van der Waals surface area contributed by atoms with Gasteiger partial charge in [0.2, 0.25) is 0 Å². The topological polar surface area (TPSA) is 108 Å². The number of ketones is 2. The molecule has 1 atom stereocenters. The highest BCUT2D eigenvalue weighted by Gasteiger charge is 2.63. The first-order valence-corrected chi connectivity index (χ1v) is 18.9. The van der Waals surface area contributed by atoms with E-state index in [2.05, 4.69) is 41.5 Å². The van der Waals surface area contributed by atoms with Gasteiger partial charge in [0.05, 0.1) is 33.0 Å². The Morgan fingerprint density at radius 1 is 0.750 bits per heavy atom. The predicted molar refractivity (Wildman–Crippen MR) is 200 cm³/mol. The Hall–Kier alpha value is -4.84. The van der Waals surface area contributed by atoms with Crippen molar-refractivity contribution < 1.29 is 46.9 Å². The zero-order valence-electron chi connectivity index (χ0n) is 31.4. The quantitative estimate of drug-likeness (QED) is 0.0680. The molecule has 4 aromatic rings. The van der Waals surface area contributed by atoms with Crippen LogP contribution in [0.2, 0.25) is 10.1 Å². The van der Waals surface area contributed by atoms with Gasteiger partial charge in [-0.2, -0.15) is 0 Å². The van der Waals surface area contributed by atoms with Crippen molar-refractivity contribution in [2.24, 2.45) is 0 Å². The number of ether oxygens (including phenoxy) is 6. The van der Waals surface area contributed by atoms with Crippen LogP contribution < -0.4 is 28.1 Å². The number of hydrogen-bond donors (Lipinski definition) is 0. The first kappa shape index (κ1) is 36.9. The highest BCUT2D eigenvalue weighted by Crippen LogP contribution is 2.58. The first-order chi connectivity index (χ1) is 24.7. The molecule has 10 nitrogen and oxygen atoms in total. The number of Topliss-reactive ketones (excluding diaryl/α,β-unsaturated/α-hetero) is 2. The minimum atomic E-state index is -3.20. The maximum Gasteiger partial charge on any atom is 0.410 e. The molecule has 4 aromatic carbocycles. The van der Waals surface area contributed by atoms with Crippen LogP contribution in [0.4, 0.5) is 0 Å². The average Bonchev–Trinajstić information content (AvgIpc) is 3.36. The molecular weight excluding hydrogens is 681 g/mol. The SMILES string of the molecule is COCOc1c(OCc2ccc(OC)cc2)ccc2ccc3c(c12)C(=O)/C(=C/C1O[Si](C(C)(C)C)(C(C)(C)C)Oc2cc(OC)c(OC)cc21)C3=O. The fourth-order valence-electron chi connectivity index (χ4n) is 7.25. The molecule has 11 heteroatoms. The number of carbonyl (C=O) groups is 2. The maximum atomic E-state index is 14.6. The van der Waals surface area contributed by atoms with Crippen LogP contribution in [0, 0.1) is 0 Å². The summed E-state index contributed by atoms with van der Waals surface area (Å²) in [5.41, 5.74) is 2.05. The number of fused-ring (bicyclic) bond motifs is 4. The third kappa shape index (κ3) is 6.31. The van der Waals surface area contributed by atoms with Crippen LogP contribution in [0.1, 0.15) is 79.5 Å². The highest BCUT2D eigenvalue weighted by molar-refractivity contribution is 6.74. The summed E-state index contributed by atoms with van der Waals surface area (Å²) in [4.78, 5) is 28.9. The van der Waals surface area contributed by atoms with Crippen molar-refractivity contribution in [3.63, 3.8) is 0 Å². The van der Waals surface area contributed by atoms with E-state index in [4.69, 9.17) is 37.3 Å². The van der Waals surface area contributed by atoms with E-state index < -0.39 is 36.3 Å². The molecule has 0 saturated carbocycles. The van der Waals surface area contributed by atoms with Gasteiger partial charge in [0.1, 0.15) is 18.1 Å². The largest absolute Gasteiger partial charge is 0.519 e. The van der Waals surface area contributed by atoms with Gasteiger partial charge in [0, 0.05) is 45.3 Å². The summed E-state index contributed by atoms with van der Waals surface area (Å²) in [6.07, 6.45) is 0.840. The Bertz CT molecular complexity index is 2040. The first-order valence-electron chi connectivity index (χ1n) is 17.1. The normalized spacial score (nSPS) is 17.4. The van der Waals surface area contributed by atoms with E-state index in [1.807, 2.05) is 36.4 Å². The lowest BCUT2D eigenvalue weighted by Gasteiger charge is -2.52. The van der Waals surface area contributed by atoms with E-state index in [0.717, 1.165) is 11.3 Å².